The van der Waals surface area contributed by atoms with Gasteiger partial charge in [-0.05, 0) is 28.7 Å². The second-order valence-corrected chi connectivity index (χ2v) is 8.81. The number of alkyl carbamates (subject to hydrolysis) is 1. The molecule has 3 atom stereocenters. The zero-order valence-corrected chi connectivity index (χ0v) is 19.4. The summed E-state index contributed by atoms with van der Waals surface area (Å²) in [5.41, 5.74) is 4.57. The molecule has 0 aromatic heterocycles. The van der Waals surface area contributed by atoms with E-state index in [-0.39, 0.29) is 38.2 Å². The molecular weight excluding hydrogens is 436 g/mol. The van der Waals surface area contributed by atoms with Crippen LogP contribution in [0.3, 0.4) is 0 Å². The van der Waals surface area contributed by atoms with Crippen LogP contribution in [0, 0.1) is 11.8 Å². The van der Waals surface area contributed by atoms with Gasteiger partial charge in [0.1, 0.15) is 12.5 Å². The van der Waals surface area contributed by atoms with Crippen molar-refractivity contribution in [1.82, 2.24) is 10.2 Å². The summed E-state index contributed by atoms with van der Waals surface area (Å²) in [5.74, 6) is -2.47. The van der Waals surface area contributed by atoms with Gasteiger partial charge in [0.25, 0.3) is 0 Å². The van der Waals surface area contributed by atoms with Crippen LogP contribution >= 0.6 is 0 Å². The maximum atomic E-state index is 13.0. The van der Waals surface area contributed by atoms with Crippen LogP contribution in [0.2, 0.25) is 0 Å². The Morgan fingerprint density at radius 1 is 1.09 bits per heavy atom. The smallest absolute Gasteiger partial charge is 0.407 e. The molecule has 1 heterocycles. The lowest BCUT2D eigenvalue weighted by atomic mass is 9.98. The predicted octanol–water partition coefficient (Wildman–Crippen LogP) is 3.11. The van der Waals surface area contributed by atoms with E-state index in [4.69, 9.17) is 9.47 Å². The third kappa shape index (κ3) is 4.63. The van der Waals surface area contributed by atoms with Crippen molar-refractivity contribution < 1.29 is 29.0 Å². The largest absolute Gasteiger partial charge is 0.481 e. The van der Waals surface area contributed by atoms with Gasteiger partial charge >= 0.3 is 12.1 Å². The number of carbonyl (C=O) groups excluding carboxylic acids is 2. The van der Waals surface area contributed by atoms with Crippen molar-refractivity contribution in [1.29, 1.82) is 0 Å². The van der Waals surface area contributed by atoms with Gasteiger partial charge in [-0.25, -0.2) is 4.79 Å². The van der Waals surface area contributed by atoms with Gasteiger partial charge in [-0.1, -0.05) is 55.5 Å². The molecule has 180 valence electrons. The van der Waals surface area contributed by atoms with Crippen LogP contribution in [0.25, 0.3) is 11.1 Å². The lowest BCUT2D eigenvalue weighted by molar-refractivity contribution is -0.145. The Bertz CT molecular complexity index is 1030. The number of aliphatic carboxylic acids is 1. The molecule has 2 aromatic carbocycles. The number of nitrogens with zero attached hydrogens (tertiary/aromatic N) is 1. The van der Waals surface area contributed by atoms with Crippen molar-refractivity contribution in [3.05, 3.63) is 59.7 Å². The Morgan fingerprint density at radius 3 is 2.29 bits per heavy atom. The Labute approximate surface area is 198 Å². The minimum absolute atomic E-state index is 0.0387. The number of amides is 2. The van der Waals surface area contributed by atoms with Gasteiger partial charge in [0.05, 0.1) is 25.2 Å². The number of carboxylic acid groups (broad SMARTS) is 1. The highest BCUT2D eigenvalue weighted by Crippen LogP contribution is 2.44. The second kappa shape index (κ2) is 10.3. The number of likely N-dealkylation sites (N-methyl/N-ethyl adjacent to an activating group) is 1. The highest BCUT2D eigenvalue weighted by atomic mass is 16.5. The SMILES string of the molecule is CCC(CNC(=O)OCC1c2ccccc2-c2ccccc21)C(=O)N(C)C1COCC1C(=O)O. The van der Waals surface area contributed by atoms with Gasteiger partial charge in [-0.3, -0.25) is 9.59 Å². The zero-order valence-electron chi connectivity index (χ0n) is 19.4. The Balaban J connectivity index is 1.33. The maximum absolute atomic E-state index is 13.0. The molecule has 2 N–H and O–H groups in total. The molecule has 8 heteroatoms. The van der Waals surface area contributed by atoms with Crippen molar-refractivity contribution in [2.45, 2.75) is 25.3 Å². The molecule has 2 aliphatic rings. The van der Waals surface area contributed by atoms with Crippen LogP contribution in [0.1, 0.15) is 30.4 Å². The molecule has 1 saturated heterocycles. The van der Waals surface area contributed by atoms with Gasteiger partial charge in [0, 0.05) is 19.5 Å². The monoisotopic (exact) mass is 466 g/mol. The fourth-order valence-corrected chi connectivity index (χ4v) is 4.87. The average molecular weight is 467 g/mol. The molecule has 4 rings (SSSR count). The minimum Gasteiger partial charge on any atom is -0.481 e. The number of fused-ring (bicyclic) bond motifs is 3. The van der Waals surface area contributed by atoms with Crippen molar-refractivity contribution in [3.63, 3.8) is 0 Å². The van der Waals surface area contributed by atoms with E-state index in [9.17, 15) is 19.5 Å². The quantitative estimate of drug-likeness (QED) is 0.619. The third-order valence-corrected chi connectivity index (χ3v) is 6.89. The maximum Gasteiger partial charge on any atom is 0.407 e. The molecule has 1 aliphatic carbocycles. The average Bonchev–Trinajstić information content (AvgIpc) is 3.46. The summed E-state index contributed by atoms with van der Waals surface area (Å²) in [7, 11) is 1.59. The molecule has 2 amide bonds. The topological polar surface area (TPSA) is 105 Å². The second-order valence-electron chi connectivity index (χ2n) is 8.81. The molecule has 34 heavy (non-hydrogen) atoms. The number of hydrogen-bond donors (Lipinski definition) is 2. The summed E-state index contributed by atoms with van der Waals surface area (Å²) in [6, 6.07) is 15.7. The van der Waals surface area contributed by atoms with E-state index in [0.29, 0.717) is 6.42 Å². The first kappa shape index (κ1) is 23.8. The van der Waals surface area contributed by atoms with Crippen molar-refractivity contribution in [2.24, 2.45) is 11.8 Å². The van der Waals surface area contributed by atoms with Crippen molar-refractivity contribution >= 4 is 18.0 Å². The van der Waals surface area contributed by atoms with Crippen molar-refractivity contribution in [2.75, 3.05) is 33.4 Å². The Hall–Kier alpha value is -3.39. The standard InChI is InChI=1S/C26H30N2O6/c1-3-16(24(29)28(2)23-15-33-13-22(23)25(30)31)12-27-26(32)34-14-21-19-10-6-4-8-17(19)18-9-5-7-11-20(18)21/h4-11,16,21-23H,3,12-15H2,1-2H3,(H,27,32)(H,30,31). The Morgan fingerprint density at radius 2 is 1.71 bits per heavy atom. The van der Waals surface area contributed by atoms with E-state index < -0.39 is 29.9 Å². The van der Waals surface area contributed by atoms with Gasteiger partial charge in [0.2, 0.25) is 5.91 Å². The molecule has 0 radical (unpaired) electrons. The van der Waals surface area contributed by atoms with E-state index in [2.05, 4.69) is 29.6 Å². The van der Waals surface area contributed by atoms with Crippen LogP contribution in [0.5, 0.6) is 0 Å². The molecule has 0 bridgehead atoms. The highest BCUT2D eigenvalue weighted by molar-refractivity contribution is 5.81. The highest BCUT2D eigenvalue weighted by Gasteiger charge is 2.39. The normalized spacial score (nSPS) is 19.7. The number of rotatable bonds is 8. The van der Waals surface area contributed by atoms with Crippen LogP contribution < -0.4 is 5.32 Å². The number of nitrogens with one attached hydrogen (secondary N) is 1. The lowest BCUT2D eigenvalue weighted by Gasteiger charge is -2.29. The first-order valence-corrected chi connectivity index (χ1v) is 11.6. The Kier molecular flexibility index (Phi) is 7.17. The predicted molar refractivity (Wildman–Crippen MR) is 125 cm³/mol. The van der Waals surface area contributed by atoms with E-state index in [1.165, 1.54) is 4.90 Å². The van der Waals surface area contributed by atoms with Crippen LogP contribution in [-0.2, 0) is 19.1 Å². The van der Waals surface area contributed by atoms with E-state index >= 15 is 0 Å². The summed E-state index contributed by atoms with van der Waals surface area (Å²) < 4.78 is 10.8. The van der Waals surface area contributed by atoms with Crippen LogP contribution in [-0.4, -0.2) is 67.4 Å². The number of carboxylic acids is 1. The molecule has 3 unspecified atom stereocenters. The van der Waals surface area contributed by atoms with Gasteiger partial charge < -0.3 is 24.8 Å². The molecule has 0 saturated carbocycles. The number of carbonyl (C=O) groups is 3. The molecule has 2 aromatic rings. The van der Waals surface area contributed by atoms with Crippen LogP contribution in [0.15, 0.2) is 48.5 Å². The van der Waals surface area contributed by atoms with Gasteiger partial charge in [-0.15, -0.1) is 0 Å². The number of hydrogen-bond acceptors (Lipinski definition) is 5. The summed E-state index contributed by atoms with van der Waals surface area (Å²) in [6.45, 7) is 2.45. The summed E-state index contributed by atoms with van der Waals surface area (Å²) in [6.07, 6.45) is -0.0820. The fraction of sp³-hybridized carbons (Fsp3) is 0.423. The summed E-state index contributed by atoms with van der Waals surface area (Å²) in [4.78, 5) is 38.3. The third-order valence-electron chi connectivity index (χ3n) is 6.89. The number of benzene rings is 2. The summed E-state index contributed by atoms with van der Waals surface area (Å²) >= 11 is 0. The number of ether oxygens (including phenoxy) is 2. The van der Waals surface area contributed by atoms with Crippen molar-refractivity contribution in [3.8, 4) is 11.1 Å². The first-order chi connectivity index (χ1) is 16.4. The molecule has 1 fully saturated rings. The van der Waals surface area contributed by atoms with Crippen LogP contribution in [0.4, 0.5) is 4.79 Å². The molecule has 1 aliphatic heterocycles. The molecule has 8 nitrogen and oxygen atoms in total. The minimum atomic E-state index is -0.980. The fourth-order valence-electron chi connectivity index (χ4n) is 4.87. The first-order valence-electron chi connectivity index (χ1n) is 11.6. The van der Waals surface area contributed by atoms with Gasteiger partial charge in [0.15, 0.2) is 0 Å². The van der Waals surface area contributed by atoms with E-state index in [1.54, 1.807) is 7.05 Å². The van der Waals surface area contributed by atoms with Gasteiger partial charge in [-0.2, -0.15) is 0 Å². The molecular formula is C26H30N2O6. The van der Waals surface area contributed by atoms with E-state index in [0.717, 1.165) is 22.3 Å². The zero-order chi connectivity index (χ0) is 24.2. The lowest BCUT2D eigenvalue weighted by Crippen LogP contribution is -2.48. The van der Waals surface area contributed by atoms with E-state index in [1.807, 2.05) is 31.2 Å². The molecule has 0 spiro atoms. The summed E-state index contributed by atoms with van der Waals surface area (Å²) in [5, 5.41) is 12.1.